The molecule has 6 heteroatoms. The molecule has 1 aromatic heterocycles. The van der Waals surface area contributed by atoms with Crippen LogP contribution < -0.4 is 5.73 Å². The van der Waals surface area contributed by atoms with Crippen molar-refractivity contribution in [2.75, 3.05) is 7.05 Å². The normalized spacial score (nSPS) is 12.1. The minimum absolute atomic E-state index is 0.111. The fourth-order valence-electron chi connectivity index (χ4n) is 1.85. The zero-order valence-electron chi connectivity index (χ0n) is 10.8. The zero-order chi connectivity index (χ0) is 13.7. The Morgan fingerprint density at radius 2 is 2.16 bits per heavy atom. The molecule has 0 spiro atoms. The molecule has 0 saturated carbocycles. The molecular formula is C13H17N5O. The minimum atomic E-state index is -0.546. The van der Waals surface area contributed by atoms with Crippen LogP contribution in [-0.4, -0.2) is 39.1 Å². The van der Waals surface area contributed by atoms with Crippen LogP contribution >= 0.6 is 0 Å². The highest BCUT2D eigenvalue weighted by Crippen LogP contribution is 2.05. The van der Waals surface area contributed by atoms with Gasteiger partial charge in [-0.25, -0.2) is 4.98 Å². The summed E-state index contributed by atoms with van der Waals surface area (Å²) in [6.07, 6.45) is 1.94. The number of nitrogens with zero attached hydrogens (tertiary/aromatic N) is 3. The van der Waals surface area contributed by atoms with Crippen molar-refractivity contribution in [1.29, 1.82) is 0 Å². The van der Waals surface area contributed by atoms with Crippen LogP contribution in [0.3, 0.4) is 0 Å². The molecular weight excluding hydrogens is 242 g/mol. The molecule has 1 atom stereocenters. The van der Waals surface area contributed by atoms with Crippen LogP contribution in [0.4, 0.5) is 0 Å². The van der Waals surface area contributed by atoms with Gasteiger partial charge in [-0.15, -0.1) is 0 Å². The lowest BCUT2D eigenvalue weighted by molar-refractivity contribution is -0.131. The monoisotopic (exact) mass is 259 g/mol. The van der Waals surface area contributed by atoms with Crippen LogP contribution in [0.2, 0.25) is 0 Å². The smallest absolute Gasteiger partial charge is 0.239 e. The van der Waals surface area contributed by atoms with Crippen molar-refractivity contribution in [3.8, 4) is 0 Å². The number of benzene rings is 1. The molecule has 0 bridgehead atoms. The van der Waals surface area contributed by atoms with Gasteiger partial charge in [0.15, 0.2) is 0 Å². The molecule has 0 radical (unpaired) electrons. The molecule has 3 N–H and O–H groups in total. The number of carbonyl (C=O) groups excluding carboxylic acids is 1. The second kappa shape index (κ2) is 6.10. The van der Waals surface area contributed by atoms with E-state index in [9.17, 15) is 4.79 Å². The Hall–Kier alpha value is -2.21. The standard InChI is InChI=1S/C13H17N5O/c1-18(8-12-15-9-16-17-12)13(19)11(14)7-10-5-3-2-4-6-10/h2-6,9,11H,7-8,14H2,1H3,(H,15,16,17)/t11-/m0/s1. The minimum Gasteiger partial charge on any atom is -0.337 e. The topological polar surface area (TPSA) is 87.9 Å². The molecule has 0 aliphatic carbocycles. The Labute approximate surface area is 111 Å². The predicted octanol–water partition coefficient (Wildman–Crippen LogP) is 0.333. The Morgan fingerprint density at radius 3 is 2.79 bits per heavy atom. The Bertz CT molecular complexity index is 511. The van der Waals surface area contributed by atoms with Crippen LogP contribution in [0, 0.1) is 0 Å². The summed E-state index contributed by atoms with van der Waals surface area (Å²) in [4.78, 5) is 17.6. The van der Waals surface area contributed by atoms with Gasteiger partial charge in [-0.2, -0.15) is 5.10 Å². The number of likely N-dealkylation sites (N-methyl/N-ethyl adjacent to an activating group) is 1. The number of amides is 1. The molecule has 0 unspecified atom stereocenters. The molecule has 1 amide bonds. The summed E-state index contributed by atoms with van der Waals surface area (Å²) in [7, 11) is 1.70. The van der Waals surface area contributed by atoms with E-state index in [1.54, 1.807) is 11.9 Å². The van der Waals surface area contributed by atoms with Gasteiger partial charge in [0.25, 0.3) is 0 Å². The van der Waals surface area contributed by atoms with Crippen molar-refractivity contribution in [2.45, 2.75) is 19.0 Å². The zero-order valence-corrected chi connectivity index (χ0v) is 10.8. The number of aromatic amines is 1. The summed E-state index contributed by atoms with van der Waals surface area (Å²) in [6.45, 7) is 0.376. The first kappa shape index (κ1) is 13.2. The van der Waals surface area contributed by atoms with Crippen LogP contribution in [0.25, 0.3) is 0 Å². The van der Waals surface area contributed by atoms with Gasteiger partial charge in [-0.1, -0.05) is 30.3 Å². The van der Waals surface area contributed by atoms with Crippen LogP contribution in [-0.2, 0) is 17.8 Å². The number of H-pyrrole nitrogens is 1. The van der Waals surface area contributed by atoms with E-state index in [0.717, 1.165) is 5.56 Å². The fraction of sp³-hybridized carbons (Fsp3) is 0.308. The first-order chi connectivity index (χ1) is 9.16. The van der Waals surface area contributed by atoms with E-state index in [0.29, 0.717) is 18.8 Å². The first-order valence-electron chi connectivity index (χ1n) is 6.05. The van der Waals surface area contributed by atoms with Crippen LogP contribution in [0.1, 0.15) is 11.4 Å². The maximum atomic E-state index is 12.1. The van der Waals surface area contributed by atoms with E-state index in [2.05, 4.69) is 15.2 Å². The van der Waals surface area contributed by atoms with Gasteiger partial charge in [0, 0.05) is 7.05 Å². The van der Waals surface area contributed by atoms with Crippen molar-refractivity contribution in [3.05, 3.63) is 48.0 Å². The molecule has 1 aromatic carbocycles. The number of rotatable bonds is 5. The molecule has 2 rings (SSSR count). The summed E-state index contributed by atoms with van der Waals surface area (Å²) in [5, 5.41) is 6.46. The highest BCUT2D eigenvalue weighted by molar-refractivity contribution is 5.81. The van der Waals surface area contributed by atoms with Gasteiger partial charge in [0.05, 0.1) is 12.6 Å². The van der Waals surface area contributed by atoms with Gasteiger partial charge < -0.3 is 10.6 Å². The molecule has 19 heavy (non-hydrogen) atoms. The van der Waals surface area contributed by atoms with Crippen molar-refractivity contribution in [1.82, 2.24) is 20.1 Å². The summed E-state index contributed by atoms with van der Waals surface area (Å²) in [6, 6.07) is 9.19. The average molecular weight is 259 g/mol. The number of carbonyl (C=O) groups is 1. The second-order valence-electron chi connectivity index (χ2n) is 4.42. The van der Waals surface area contributed by atoms with Crippen LogP contribution in [0.5, 0.6) is 0 Å². The van der Waals surface area contributed by atoms with Crippen molar-refractivity contribution >= 4 is 5.91 Å². The molecule has 0 aliphatic rings. The van der Waals surface area contributed by atoms with E-state index in [-0.39, 0.29) is 5.91 Å². The molecule has 2 aromatic rings. The van der Waals surface area contributed by atoms with E-state index >= 15 is 0 Å². The third-order valence-electron chi connectivity index (χ3n) is 2.84. The van der Waals surface area contributed by atoms with E-state index in [1.165, 1.54) is 6.33 Å². The Balaban J connectivity index is 1.91. The van der Waals surface area contributed by atoms with Gasteiger partial charge in [0.1, 0.15) is 12.2 Å². The third kappa shape index (κ3) is 3.62. The largest absolute Gasteiger partial charge is 0.337 e. The van der Waals surface area contributed by atoms with Crippen molar-refractivity contribution in [2.24, 2.45) is 5.73 Å². The lowest BCUT2D eigenvalue weighted by Crippen LogP contribution is -2.42. The molecule has 0 aliphatic heterocycles. The lowest BCUT2D eigenvalue weighted by atomic mass is 10.1. The predicted molar refractivity (Wildman–Crippen MR) is 71.0 cm³/mol. The number of nitrogens with one attached hydrogen (secondary N) is 1. The van der Waals surface area contributed by atoms with Gasteiger partial charge in [-0.3, -0.25) is 9.89 Å². The molecule has 0 saturated heterocycles. The van der Waals surface area contributed by atoms with E-state index in [1.807, 2.05) is 30.3 Å². The molecule has 100 valence electrons. The molecule has 6 nitrogen and oxygen atoms in total. The molecule has 0 fully saturated rings. The van der Waals surface area contributed by atoms with Gasteiger partial charge in [0.2, 0.25) is 5.91 Å². The summed E-state index contributed by atoms with van der Waals surface area (Å²) in [5.74, 6) is 0.531. The maximum Gasteiger partial charge on any atom is 0.239 e. The number of hydrogen-bond donors (Lipinski definition) is 2. The lowest BCUT2D eigenvalue weighted by Gasteiger charge is -2.20. The average Bonchev–Trinajstić information content (AvgIpc) is 2.91. The SMILES string of the molecule is CN(Cc1ncn[nH]1)C(=O)[C@@H](N)Cc1ccccc1. The van der Waals surface area contributed by atoms with Crippen LogP contribution in [0.15, 0.2) is 36.7 Å². The molecule has 1 heterocycles. The maximum absolute atomic E-state index is 12.1. The fourth-order valence-corrected chi connectivity index (χ4v) is 1.85. The van der Waals surface area contributed by atoms with Gasteiger partial charge in [-0.05, 0) is 12.0 Å². The Kier molecular flexibility index (Phi) is 4.25. The van der Waals surface area contributed by atoms with Crippen molar-refractivity contribution < 1.29 is 4.79 Å². The van der Waals surface area contributed by atoms with Gasteiger partial charge >= 0.3 is 0 Å². The van der Waals surface area contributed by atoms with E-state index < -0.39 is 6.04 Å². The Morgan fingerprint density at radius 1 is 1.42 bits per heavy atom. The van der Waals surface area contributed by atoms with E-state index in [4.69, 9.17) is 5.73 Å². The second-order valence-corrected chi connectivity index (χ2v) is 4.42. The highest BCUT2D eigenvalue weighted by Gasteiger charge is 2.19. The highest BCUT2D eigenvalue weighted by atomic mass is 16.2. The third-order valence-corrected chi connectivity index (χ3v) is 2.84. The number of hydrogen-bond acceptors (Lipinski definition) is 4. The van der Waals surface area contributed by atoms with Crippen molar-refractivity contribution in [3.63, 3.8) is 0 Å². The summed E-state index contributed by atoms with van der Waals surface area (Å²) in [5.41, 5.74) is 6.99. The quantitative estimate of drug-likeness (QED) is 0.810. The number of nitrogens with two attached hydrogens (primary N) is 1. The summed E-state index contributed by atoms with van der Waals surface area (Å²) >= 11 is 0. The summed E-state index contributed by atoms with van der Waals surface area (Å²) < 4.78 is 0. The first-order valence-corrected chi connectivity index (χ1v) is 6.05. The number of aromatic nitrogens is 3.